The molecule has 1 saturated carbocycles. The van der Waals surface area contributed by atoms with E-state index < -0.39 is 5.97 Å². The minimum atomic E-state index is -0.791. The van der Waals surface area contributed by atoms with Gasteiger partial charge in [-0.15, -0.1) is 0 Å². The van der Waals surface area contributed by atoms with Crippen molar-refractivity contribution in [2.24, 2.45) is 5.41 Å². The molecule has 6 heteroatoms. The number of nitrogens with zero attached hydrogens (tertiary/aromatic N) is 1. The zero-order chi connectivity index (χ0) is 14.6. The second-order valence-electron chi connectivity index (χ2n) is 5.72. The molecule has 110 valence electrons. The second kappa shape index (κ2) is 6.07. The number of aromatic amines is 1. The Bertz CT molecular complexity index is 490. The number of carboxylic acids is 1. The van der Waals surface area contributed by atoms with Crippen molar-refractivity contribution < 1.29 is 14.7 Å². The van der Waals surface area contributed by atoms with Crippen molar-refractivity contribution in [1.29, 1.82) is 0 Å². The van der Waals surface area contributed by atoms with E-state index in [9.17, 15) is 9.59 Å². The second-order valence-corrected chi connectivity index (χ2v) is 5.72. The number of carboxylic acid groups (broad SMARTS) is 1. The van der Waals surface area contributed by atoms with Gasteiger partial charge in [0, 0.05) is 12.2 Å². The first-order valence-corrected chi connectivity index (χ1v) is 7.02. The van der Waals surface area contributed by atoms with E-state index >= 15 is 0 Å². The number of carbonyl (C=O) groups is 2. The molecule has 6 nitrogen and oxygen atoms in total. The van der Waals surface area contributed by atoms with E-state index in [1.165, 1.54) is 6.20 Å². The summed E-state index contributed by atoms with van der Waals surface area (Å²) in [7, 11) is 0. The fourth-order valence-electron chi connectivity index (χ4n) is 2.98. The fourth-order valence-corrected chi connectivity index (χ4v) is 2.98. The van der Waals surface area contributed by atoms with Gasteiger partial charge in [-0.25, -0.2) is 0 Å². The van der Waals surface area contributed by atoms with E-state index in [0.717, 1.165) is 37.8 Å². The van der Waals surface area contributed by atoms with Crippen LogP contribution in [0.5, 0.6) is 0 Å². The molecule has 1 aromatic rings. The van der Waals surface area contributed by atoms with Gasteiger partial charge in [0.05, 0.1) is 18.2 Å². The first kappa shape index (κ1) is 14.6. The molecule has 3 N–H and O–H groups in total. The van der Waals surface area contributed by atoms with Crippen molar-refractivity contribution >= 4 is 11.9 Å². The Labute approximate surface area is 118 Å². The number of aromatic nitrogens is 2. The summed E-state index contributed by atoms with van der Waals surface area (Å²) in [5.41, 5.74) is 0.946. The third-order valence-electron chi connectivity index (χ3n) is 4.14. The predicted octanol–water partition coefficient (Wildman–Crippen LogP) is 1.87. The Hall–Kier alpha value is -1.85. The summed E-state index contributed by atoms with van der Waals surface area (Å²) in [4.78, 5) is 23.2. The van der Waals surface area contributed by atoms with Crippen molar-refractivity contribution in [3.8, 4) is 0 Å². The molecule has 1 aromatic heterocycles. The number of H-pyrrole nitrogens is 1. The third kappa shape index (κ3) is 3.37. The van der Waals surface area contributed by atoms with Crippen LogP contribution in [0.4, 0.5) is 0 Å². The number of nitrogens with one attached hydrogen (secondary N) is 2. The van der Waals surface area contributed by atoms with E-state index in [1.54, 1.807) is 6.92 Å². The Kier molecular flexibility index (Phi) is 4.42. The molecular weight excluding hydrogens is 258 g/mol. The lowest BCUT2D eigenvalue weighted by Crippen LogP contribution is -2.40. The van der Waals surface area contributed by atoms with Crippen LogP contribution in [-0.4, -0.2) is 33.7 Å². The molecule has 0 radical (unpaired) electrons. The van der Waals surface area contributed by atoms with Crippen molar-refractivity contribution in [2.75, 3.05) is 6.54 Å². The van der Waals surface area contributed by atoms with Crippen LogP contribution in [0.3, 0.4) is 0 Å². The lowest BCUT2D eigenvalue weighted by Gasteiger charge is -2.36. The smallest absolute Gasteiger partial charge is 0.303 e. The third-order valence-corrected chi connectivity index (χ3v) is 4.14. The monoisotopic (exact) mass is 279 g/mol. The molecule has 0 unspecified atom stereocenters. The van der Waals surface area contributed by atoms with Gasteiger partial charge in [0.2, 0.25) is 0 Å². The van der Waals surface area contributed by atoms with Gasteiger partial charge in [-0.3, -0.25) is 14.7 Å². The van der Waals surface area contributed by atoms with Gasteiger partial charge in [-0.2, -0.15) is 5.10 Å². The van der Waals surface area contributed by atoms with Gasteiger partial charge < -0.3 is 10.4 Å². The van der Waals surface area contributed by atoms with Gasteiger partial charge >= 0.3 is 5.97 Å². The van der Waals surface area contributed by atoms with Crippen molar-refractivity contribution in [3.05, 3.63) is 17.5 Å². The average molecular weight is 279 g/mol. The number of hydrogen-bond donors (Lipinski definition) is 3. The number of rotatable bonds is 5. The summed E-state index contributed by atoms with van der Waals surface area (Å²) in [5.74, 6) is -0.979. The number of aryl methyl sites for hydroxylation is 1. The minimum absolute atomic E-state index is 0.123. The van der Waals surface area contributed by atoms with Crippen LogP contribution in [0.15, 0.2) is 6.20 Å². The molecule has 1 heterocycles. The Morgan fingerprint density at radius 2 is 2.10 bits per heavy atom. The van der Waals surface area contributed by atoms with Gasteiger partial charge in [-0.1, -0.05) is 19.3 Å². The highest BCUT2D eigenvalue weighted by Gasteiger charge is 2.34. The van der Waals surface area contributed by atoms with Crippen LogP contribution in [0.25, 0.3) is 0 Å². The predicted molar refractivity (Wildman–Crippen MR) is 73.4 cm³/mol. The van der Waals surface area contributed by atoms with Crippen LogP contribution in [-0.2, 0) is 4.79 Å². The van der Waals surface area contributed by atoms with Crippen LogP contribution in [0.2, 0.25) is 0 Å². The maximum atomic E-state index is 12.1. The number of carbonyl (C=O) groups excluding carboxylic acids is 1. The molecule has 2 rings (SSSR count). The first-order chi connectivity index (χ1) is 9.52. The maximum Gasteiger partial charge on any atom is 0.303 e. The highest BCUT2D eigenvalue weighted by atomic mass is 16.4. The molecule has 0 bridgehead atoms. The van der Waals surface area contributed by atoms with Crippen LogP contribution in [0, 0.1) is 12.3 Å². The molecular formula is C14H21N3O3. The maximum absolute atomic E-state index is 12.1. The van der Waals surface area contributed by atoms with E-state index in [4.69, 9.17) is 5.11 Å². The summed E-state index contributed by atoms with van der Waals surface area (Å²) < 4.78 is 0. The quantitative estimate of drug-likeness (QED) is 0.766. The number of amides is 1. The molecule has 0 atom stereocenters. The van der Waals surface area contributed by atoms with Gasteiger partial charge in [-0.05, 0) is 25.2 Å². The van der Waals surface area contributed by atoms with E-state index in [-0.39, 0.29) is 17.7 Å². The Morgan fingerprint density at radius 1 is 1.40 bits per heavy atom. The topological polar surface area (TPSA) is 95.1 Å². The molecule has 0 spiro atoms. The minimum Gasteiger partial charge on any atom is -0.481 e. The average Bonchev–Trinajstić information content (AvgIpc) is 2.83. The van der Waals surface area contributed by atoms with Crippen LogP contribution < -0.4 is 5.32 Å². The summed E-state index contributed by atoms with van der Waals surface area (Å²) in [5, 5.41) is 18.5. The highest BCUT2D eigenvalue weighted by Crippen LogP contribution is 2.38. The molecule has 1 amide bonds. The van der Waals surface area contributed by atoms with E-state index in [1.807, 2.05) is 0 Å². The van der Waals surface area contributed by atoms with Crippen LogP contribution in [0.1, 0.15) is 54.6 Å². The fraction of sp³-hybridized carbons (Fsp3) is 0.643. The molecule has 0 aliphatic heterocycles. The van der Waals surface area contributed by atoms with Gasteiger partial charge in [0.1, 0.15) is 0 Å². The molecule has 20 heavy (non-hydrogen) atoms. The first-order valence-electron chi connectivity index (χ1n) is 7.02. The number of hydrogen-bond acceptors (Lipinski definition) is 3. The molecule has 1 fully saturated rings. The largest absolute Gasteiger partial charge is 0.481 e. The summed E-state index contributed by atoms with van der Waals surface area (Å²) in [6.45, 7) is 2.21. The van der Waals surface area contributed by atoms with E-state index in [0.29, 0.717) is 12.1 Å². The molecule has 1 aliphatic rings. The Balaban J connectivity index is 2.00. The van der Waals surface area contributed by atoms with Crippen molar-refractivity contribution in [1.82, 2.24) is 15.5 Å². The zero-order valence-electron chi connectivity index (χ0n) is 11.7. The number of aliphatic carboxylic acids is 1. The zero-order valence-corrected chi connectivity index (χ0v) is 11.7. The van der Waals surface area contributed by atoms with Gasteiger partial charge in [0.25, 0.3) is 5.91 Å². The molecule has 1 aliphatic carbocycles. The Morgan fingerprint density at radius 3 is 2.65 bits per heavy atom. The SMILES string of the molecule is Cc1[nH]ncc1C(=O)NCC1(CC(=O)O)CCCCC1. The molecule has 0 saturated heterocycles. The normalized spacial score (nSPS) is 17.6. The lowest BCUT2D eigenvalue weighted by atomic mass is 9.71. The van der Waals surface area contributed by atoms with E-state index in [2.05, 4.69) is 15.5 Å². The lowest BCUT2D eigenvalue weighted by molar-refractivity contribution is -0.140. The summed E-state index contributed by atoms with van der Waals surface area (Å²) in [6, 6.07) is 0. The standard InChI is InChI=1S/C14H21N3O3/c1-10-11(8-16-17-10)13(20)15-9-14(7-12(18)19)5-3-2-4-6-14/h8H,2-7,9H2,1H3,(H,15,20)(H,16,17)(H,18,19). The van der Waals surface area contributed by atoms with Crippen LogP contribution >= 0.6 is 0 Å². The van der Waals surface area contributed by atoms with Crippen molar-refractivity contribution in [2.45, 2.75) is 45.4 Å². The molecule has 0 aromatic carbocycles. The highest BCUT2D eigenvalue weighted by molar-refractivity contribution is 5.94. The van der Waals surface area contributed by atoms with Gasteiger partial charge in [0.15, 0.2) is 0 Å². The summed E-state index contributed by atoms with van der Waals surface area (Å²) >= 11 is 0. The van der Waals surface area contributed by atoms with Crippen molar-refractivity contribution in [3.63, 3.8) is 0 Å². The summed E-state index contributed by atoms with van der Waals surface area (Å²) in [6.07, 6.45) is 6.57.